The number of halogens is 1. The van der Waals surface area contributed by atoms with Crippen molar-refractivity contribution in [2.45, 2.75) is 18.6 Å². The van der Waals surface area contributed by atoms with Gasteiger partial charge in [0.05, 0.1) is 23.4 Å². The molecule has 0 unspecified atom stereocenters. The molecule has 1 heterocycles. The van der Waals surface area contributed by atoms with E-state index < -0.39 is 0 Å². The first kappa shape index (κ1) is 18.8. The van der Waals surface area contributed by atoms with Crippen LogP contribution >= 0.6 is 23.4 Å². The van der Waals surface area contributed by atoms with Gasteiger partial charge in [0.15, 0.2) is 5.16 Å². The van der Waals surface area contributed by atoms with Crippen LogP contribution in [0.2, 0.25) is 5.02 Å². The molecule has 1 N–H and O–H groups in total. The first-order chi connectivity index (χ1) is 12.6. The number of aromatic nitrogens is 2. The van der Waals surface area contributed by atoms with Crippen molar-refractivity contribution in [3.8, 4) is 0 Å². The number of aryl methyl sites for hydroxylation is 1. The number of amides is 1. The Morgan fingerprint density at radius 1 is 1.31 bits per heavy atom. The molecule has 0 aliphatic carbocycles. The van der Waals surface area contributed by atoms with Crippen LogP contribution in [0.1, 0.15) is 5.56 Å². The number of rotatable bonds is 7. The van der Waals surface area contributed by atoms with E-state index in [1.165, 1.54) is 11.8 Å². The van der Waals surface area contributed by atoms with Gasteiger partial charge in [-0.3, -0.25) is 4.79 Å². The summed E-state index contributed by atoms with van der Waals surface area (Å²) in [6.07, 6.45) is 0. The highest BCUT2D eigenvalue weighted by Crippen LogP contribution is 2.25. The molecule has 0 aliphatic heterocycles. The number of methoxy groups -OCH3 is 1. The molecule has 1 aromatic heterocycles. The number of benzene rings is 2. The van der Waals surface area contributed by atoms with Gasteiger partial charge in [-0.25, -0.2) is 4.98 Å². The quantitative estimate of drug-likeness (QED) is 0.609. The second-order valence-electron chi connectivity index (χ2n) is 5.83. The number of fused-ring (bicyclic) bond motifs is 1. The molecule has 7 heteroatoms. The summed E-state index contributed by atoms with van der Waals surface area (Å²) in [4.78, 5) is 16.9. The Morgan fingerprint density at radius 2 is 2.12 bits per heavy atom. The lowest BCUT2D eigenvalue weighted by atomic mass is 10.2. The first-order valence-electron chi connectivity index (χ1n) is 8.21. The largest absolute Gasteiger partial charge is 0.383 e. The Hall–Kier alpha value is -2.02. The molecular formula is C19H20ClN3O2S. The minimum absolute atomic E-state index is 0.0970. The van der Waals surface area contributed by atoms with E-state index in [9.17, 15) is 4.79 Å². The molecule has 0 saturated heterocycles. The Bertz CT molecular complexity index is 926. The van der Waals surface area contributed by atoms with Gasteiger partial charge in [0, 0.05) is 24.4 Å². The van der Waals surface area contributed by atoms with Gasteiger partial charge in [-0.2, -0.15) is 0 Å². The molecule has 0 saturated carbocycles. The van der Waals surface area contributed by atoms with E-state index in [1.807, 2.05) is 43.3 Å². The maximum absolute atomic E-state index is 12.3. The third-order valence-electron chi connectivity index (χ3n) is 3.93. The van der Waals surface area contributed by atoms with Crippen LogP contribution in [-0.2, 0) is 16.1 Å². The fraction of sp³-hybridized carbons (Fsp3) is 0.263. The highest BCUT2D eigenvalue weighted by atomic mass is 35.5. The van der Waals surface area contributed by atoms with Gasteiger partial charge >= 0.3 is 0 Å². The Kier molecular flexibility index (Phi) is 6.19. The van der Waals surface area contributed by atoms with Gasteiger partial charge < -0.3 is 14.6 Å². The second kappa shape index (κ2) is 8.58. The predicted molar refractivity (Wildman–Crippen MR) is 107 cm³/mol. The van der Waals surface area contributed by atoms with Crippen LogP contribution in [0.15, 0.2) is 47.6 Å². The fourth-order valence-corrected chi connectivity index (χ4v) is 3.58. The molecule has 0 atom stereocenters. The molecule has 0 spiro atoms. The van der Waals surface area contributed by atoms with Crippen LogP contribution in [-0.4, -0.2) is 34.9 Å². The molecule has 0 radical (unpaired) electrons. The number of nitrogens with one attached hydrogen (secondary N) is 1. The van der Waals surface area contributed by atoms with E-state index in [1.54, 1.807) is 13.2 Å². The van der Waals surface area contributed by atoms with E-state index >= 15 is 0 Å². The molecule has 0 fully saturated rings. The molecule has 26 heavy (non-hydrogen) atoms. The maximum atomic E-state index is 12.3. The second-order valence-corrected chi connectivity index (χ2v) is 7.18. The van der Waals surface area contributed by atoms with Gasteiger partial charge in [-0.05, 0) is 36.8 Å². The maximum Gasteiger partial charge on any atom is 0.234 e. The predicted octanol–water partition coefficient (Wildman–Crippen LogP) is 4.38. The zero-order valence-corrected chi connectivity index (χ0v) is 16.2. The summed E-state index contributed by atoms with van der Waals surface area (Å²) in [6, 6.07) is 13.4. The highest BCUT2D eigenvalue weighted by Gasteiger charge is 2.13. The molecular weight excluding hydrogens is 370 g/mol. The summed E-state index contributed by atoms with van der Waals surface area (Å²) in [5.74, 6) is 0.169. The molecule has 0 bridgehead atoms. The third kappa shape index (κ3) is 4.38. The van der Waals surface area contributed by atoms with Crippen molar-refractivity contribution >= 4 is 46.0 Å². The van der Waals surface area contributed by atoms with Gasteiger partial charge in [-0.15, -0.1) is 0 Å². The fourth-order valence-electron chi connectivity index (χ4n) is 2.56. The van der Waals surface area contributed by atoms with Gasteiger partial charge in [0.1, 0.15) is 0 Å². The van der Waals surface area contributed by atoms with E-state index in [-0.39, 0.29) is 11.7 Å². The number of hydrogen-bond donors (Lipinski definition) is 1. The summed E-state index contributed by atoms with van der Waals surface area (Å²) in [5, 5.41) is 4.31. The average Bonchev–Trinajstić information content (AvgIpc) is 2.99. The van der Waals surface area contributed by atoms with Crippen molar-refractivity contribution in [3.05, 3.63) is 53.1 Å². The topological polar surface area (TPSA) is 56.1 Å². The monoisotopic (exact) mass is 389 g/mol. The number of hydrogen-bond acceptors (Lipinski definition) is 4. The molecule has 3 rings (SSSR count). The number of carbonyl (C=O) groups is 1. The smallest absolute Gasteiger partial charge is 0.234 e. The van der Waals surface area contributed by atoms with Crippen LogP contribution in [0, 0.1) is 6.92 Å². The van der Waals surface area contributed by atoms with Gasteiger partial charge in [-0.1, -0.05) is 41.6 Å². The van der Waals surface area contributed by atoms with E-state index in [4.69, 9.17) is 16.3 Å². The van der Waals surface area contributed by atoms with Crippen molar-refractivity contribution in [2.75, 3.05) is 24.8 Å². The molecule has 2 aromatic carbocycles. The minimum atomic E-state index is -0.0970. The standard InChI is InChI=1S/C19H20ClN3O2S/c1-13-7-8-14(11-15(13)20)21-18(24)12-26-19-22-16-5-3-4-6-17(16)23(19)9-10-25-2/h3-8,11H,9-10,12H2,1-2H3,(H,21,24). The summed E-state index contributed by atoms with van der Waals surface area (Å²) < 4.78 is 7.28. The molecule has 5 nitrogen and oxygen atoms in total. The van der Waals surface area contributed by atoms with Crippen LogP contribution < -0.4 is 5.32 Å². The lowest BCUT2D eigenvalue weighted by Crippen LogP contribution is -2.15. The molecule has 3 aromatic rings. The number of nitrogens with zero attached hydrogens (tertiary/aromatic N) is 2. The number of thioether (sulfide) groups is 1. The van der Waals surface area contributed by atoms with Crippen LogP contribution in [0.5, 0.6) is 0 Å². The first-order valence-corrected chi connectivity index (χ1v) is 9.58. The SMILES string of the molecule is COCCn1c(SCC(=O)Nc2ccc(C)c(Cl)c2)nc2ccccc21. The molecule has 0 aliphatic rings. The van der Waals surface area contributed by atoms with Crippen LogP contribution in [0.25, 0.3) is 11.0 Å². The van der Waals surface area contributed by atoms with Gasteiger partial charge in [0.2, 0.25) is 5.91 Å². The summed E-state index contributed by atoms with van der Waals surface area (Å²) in [5.41, 5.74) is 3.62. The van der Waals surface area contributed by atoms with Gasteiger partial charge in [0.25, 0.3) is 0 Å². The normalized spacial score (nSPS) is 11.0. The Morgan fingerprint density at radius 3 is 2.88 bits per heavy atom. The van der Waals surface area contributed by atoms with Crippen molar-refractivity contribution in [2.24, 2.45) is 0 Å². The molecule has 1 amide bonds. The van der Waals surface area contributed by atoms with E-state index in [0.29, 0.717) is 23.9 Å². The van der Waals surface area contributed by atoms with E-state index in [2.05, 4.69) is 14.9 Å². The number of carbonyl (C=O) groups excluding carboxylic acids is 1. The number of imidazole rings is 1. The summed E-state index contributed by atoms with van der Waals surface area (Å²) >= 11 is 7.51. The van der Waals surface area contributed by atoms with Crippen LogP contribution in [0.4, 0.5) is 5.69 Å². The van der Waals surface area contributed by atoms with Crippen molar-refractivity contribution in [3.63, 3.8) is 0 Å². The van der Waals surface area contributed by atoms with Crippen molar-refractivity contribution in [1.82, 2.24) is 9.55 Å². The van der Waals surface area contributed by atoms with Crippen LogP contribution in [0.3, 0.4) is 0 Å². The Labute approximate surface area is 161 Å². The zero-order valence-electron chi connectivity index (χ0n) is 14.7. The number of ether oxygens (including phenoxy) is 1. The minimum Gasteiger partial charge on any atom is -0.383 e. The summed E-state index contributed by atoms with van der Waals surface area (Å²) in [7, 11) is 1.67. The highest BCUT2D eigenvalue weighted by molar-refractivity contribution is 7.99. The number of anilines is 1. The number of para-hydroxylation sites is 2. The lowest BCUT2D eigenvalue weighted by Gasteiger charge is -2.09. The molecule has 136 valence electrons. The zero-order chi connectivity index (χ0) is 18.5. The van der Waals surface area contributed by atoms with Crippen molar-refractivity contribution in [1.29, 1.82) is 0 Å². The lowest BCUT2D eigenvalue weighted by molar-refractivity contribution is -0.113. The van der Waals surface area contributed by atoms with E-state index in [0.717, 1.165) is 21.8 Å². The third-order valence-corrected chi connectivity index (χ3v) is 5.31. The Balaban J connectivity index is 1.70. The van der Waals surface area contributed by atoms with Crippen molar-refractivity contribution < 1.29 is 9.53 Å². The summed E-state index contributed by atoms with van der Waals surface area (Å²) in [6.45, 7) is 3.20. The average molecular weight is 390 g/mol.